The van der Waals surface area contributed by atoms with Crippen molar-refractivity contribution in [3.05, 3.63) is 29.8 Å². The van der Waals surface area contributed by atoms with Gasteiger partial charge in [-0.25, -0.2) is 0 Å². The van der Waals surface area contributed by atoms with E-state index in [4.69, 9.17) is 4.74 Å². The second kappa shape index (κ2) is 6.95. The first-order valence-electron chi connectivity index (χ1n) is 5.95. The lowest BCUT2D eigenvalue weighted by atomic mass is 9.99. The van der Waals surface area contributed by atoms with Gasteiger partial charge in [-0.05, 0) is 30.0 Å². The number of aryl methyl sites for hydroxylation is 1. The SMILES string of the molecule is CCc1cccc(OCC(CBr)C(C)C)c1. The number of rotatable bonds is 6. The molecule has 0 saturated heterocycles. The van der Waals surface area contributed by atoms with Crippen molar-refractivity contribution in [1.29, 1.82) is 0 Å². The molecule has 16 heavy (non-hydrogen) atoms. The van der Waals surface area contributed by atoms with Crippen LogP contribution in [0.2, 0.25) is 0 Å². The molecule has 1 unspecified atom stereocenters. The molecule has 0 saturated carbocycles. The second-order valence-electron chi connectivity index (χ2n) is 4.47. The summed E-state index contributed by atoms with van der Waals surface area (Å²) in [6.45, 7) is 7.42. The highest BCUT2D eigenvalue weighted by atomic mass is 79.9. The zero-order valence-electron chi connectivity index (χ0n) is 10.4. The minimum absolute atomic E-state index is 0.574. The third-order valence-electron chi connectivity index (χ3n) is 2.91. The number of benzene rings is 1. The molecule has 0 aliphatic carbocycles. The lowest BCUT2D eigenvalue weighted by Gasteiger charge is -2.18. The van der Waals surface area contributed by atoms with E-state index < -0.39 is 0 Å². The zero-order chi connectivity index (χ0) is 12.0. The Labute approximate surface area is 107 Å². The normalized spacial score (nSPS) is 12.8. The molecule has 1 nitrogen and oxygen atoms in total. The number of ether oxygens (including phenoxy) is 1. The van der Waals surface area contributed by atoms with E-state index in [0.717, 1.165) is 24.1 Å². The van der Waals surface area contributed by atoms with Gasteiger partial charge in [0.05, 0.1) is 6.61 Å². The molecule has 1 aromatic rings. The van der Waals surface area contributed by atoms with E-state index in [1.807, 2.05) is 6.07 Å². The summed E-state index contributed by atoms with van der Waals surface area (Å²) in [5, 5.41) is 0.998. The van der Waals surface area contributed by atoms with Crippen LogP contribution in [0.25, 0.3) is 0 Å². The molecular formula is C14H21BrO. The van der Waals surface area contributed by atoms with Gasteiger partial charge in [-0.15, -0.1) is 0 Å². The molecule has 0 aliphatic heterocycles. The molecule has 0 radical (unpaired) electrons. The quantitative estimate of drug-likeness (QED) is 0.708. The van der Waals surface area contributed by atoms with Crippen LogP contribution in [0.1, 0.15) is 26.3 Å². The van der Waals surface area contributed by atoms with E-state index in [1.54, 1.807) is 0 Å². The maximum absolute atomic E-state index is 5.83. The standard InChI is InChI=1S/C14H21BrO/c1-4-12-6-5-7-14(8-12)16-10-13(9-15)11(2)3/h5-8,11,13H,4,9-10H2,1-3H3. The molecule has 2 heteroatoms. The average Bonchev–Trinajstić information content (AvgIpc) is 2.29. The fourth-order valence-electron chi connectivity index (χ4n) is 1.47. The maximum atomic E-state index is 5.83. The van der Waals surface area contributed by atoms with Crippen molar-refractivity contribution < 1.29 is 4.74 Å². The van der Waals surface area contributed by atoms with Crippen LogP contribution in [0.3, 0.4) is 0 Å². The molecule has 0 amide bonds. The smallest absolute Gasteiger partial charge is 0.119 e. The first-order chi connectivity index (χ1) is 7.67. The Bertz CT molecular complexity index is 309. The van der Waals surface area contributed by atoms with Crippen LogP contribution in [-0.4, -0.2) is 11.9 Å². The van der Waals surface area contributed by atoms with Crippen LogP contribution < -0.4 is 4.74 Å². The van der Waals surface area contributed by atoms with E-state index >= 15 is 0 Å². The molecule has 0 aliphatic rings. The summed E-state index contributed by atoms with van der Waals surface area (Å²) in [4.78, 5) is 0. The van der Waals surface area contributed by atoms with Crippen LogP contribution in [0, 0.1) is 11.8 Å². The first kappa shape index (κ1) is 13.6. The molecule has 90 valence electrons. The fourth-order valence-corrected chi connectivity index (χ4v) is 2.41. The Balaban J connectivity index is 2.53. The van der Waals surface area contributed by atoms with Gasteiger partial charge in [-0.1, -0.05) is 48.8 Å². The van der Waals surface area contributed by atoms with Crippen LogP contribution in [-0.2, 0) is 6.42 Å². The van der Waals surface area contributed by atoms with Gasteiger partial charge in [0.2, 0.25) is 0 Å². The third kappa shape index (κ3) is 4.17. The van der Waals surface area contributed by atoms with Gasteiger partial charge in [0, 0.05) is 11.2 Å². The average molecular weight is 285 g/mol. The van der Waals surface area contributed by atoms with Gasteiger partial charge in [-0.3, -0.25) is 0 Å². The van der Waals surface area contributed by atoms with E-state index in [9.17, 15) is 0 Å². The number of halogens is 1. The Kier molecular flexibility index (Phi) is 5.89. The van der Waals surface area contributed by atoms with Gasteiger partial charge in [0.15, 0.2) is 0 Å². The Morgan fingerprint density at radius 1 is 1.31 bits per heavy atom. The Morgan fingerprint density at radius 3 is 2.62 bits per heavy atom. The Morgan fingerprint density at radius 2 is 2.06 bits per heavy atom. The number of alkyl halides is 1. The fraction of sp³-hybridized carbons (Fsp3) is 0.571. The zero-order valence-corrected chi connectivity index (χ0v) is 12.0. The summed E-state index contributed by atoms with van der Waals surface area (Å²) in [6.07, 6.45) is 1.06. The van der Waals surface area contributed by atoms with Gasteiger partial charge in [-0.2, -0.15) is 0 Å². The van der Waals surface area contributed by atoms with Gasteiger partial charge >= 0.3 is 0 Å². The van der Waals surface area contributed by atoms with Crippen LogP contribution >= 0.6 is 15.9 Å². The summed E-state index contributed by atoms with van der Waals surface area (Å²) < 4.78 is 5.83. The van der Waals surface area contributed by atoms with E-state index in [2.05, 4.69) is 54.9 Å². The lowest BCUT2D eigenvalue weighted by molar-refractivity contribution is 0.227. The molecule has 1 aromatic carbocycles. The monoisotopic (exact) mass is 284 g/mol. The largest absolute Gasteiger partial charge is 0.493 e. The summed E-state index contributed by atoms with van der Waals surface area (Å²) in [5.41, 5.74) is 1.33. The summed E-state index contributed by atoms with van der Waals surface area (Å²) in [7, 11) is 0. The van der Waals surface area contributed by atoms with E-state index in [-0.39, 0.29) is 0 Å². The van der Waals surface area contributed by atoms with Crippen molar-refractivity contribution in [2.75, 3.05) is 11.9 Å². The molecule has 0 spiro atoms. The van der Waals surface area contributed by atoms with Crippen molar-refractivity contribution in [3.8, 4) is 5.75 Å². The predicted octanol–water partition coefficient (Wildman–Crippen LogP) is 4.29. The summed E-state index contributed by atoms with van der Waals surface area (Å²) >= 11 is 3.54. The topological polar surface area (TPSA) is 9.23 Å². The highest BCUT2D eigenvalue weighted by molar-refractivity contribution is 9.09. The van der Waals surface area contributed by atoms with E-state index in [1.165, 1.54) is 5.56 Å². The van der Waals surface area contributed by atoms with Crippen molar-refractivity contribution in [3.63, 3.8) is 0 Å². The van der Waals surface area contributed by atoms with Gasteiger partial charge in [0.25, 0.3) is 0 Å². The highest BCUT2D eigenvalue weighted by Gasteiger charge is 2.12. The van der Waals surface area contributed by atoms with Crippen molar-refractivity contribution in [1.82, 2.24) is 0 Å². The minimum Gasteiger partial charge on any atom is -0.493 e. The second-order valence-corrected chi connectivity index (χ2v) is 5.12. The van der Waals surface area contributed by atoms with E-state index in [0.29, 0.717) is 11.8 Å². The van der Waals surface area contributed by atoms with Gasteiger partial charge in [0.1, 0.15) is 5.75 Å². The highest BCUT2D eigenvalue weighted by Crippen LogP contribution is 2.18. The van der Waals surface area contributed by atoms with Crippen LogP contribution in [0.15, 0.2) is 24.3 Å². The Hall–Kier alpha value is -0.500. The predicted molar refractivity (Wildman–Crippen MR) is 73.4 cm³/mol. The molecule has 0 heterocycles. The molecule has 1 rings (SSSR count). The maximum Gasteiger partial charge on any atom is 0.119 e. The molecule has 0 fully saturated rings. The lowest BCUT2D eigenvalue weighted by Crippen LogP contribution is -2.19. The summed E-state index contributed by atoms with van der Waals surface area (Å²) in [5.74, 6) is 2.21. The van der Waals surface area contributed by atoms with Crippen molar-refractivity contribution >= 4 is 15.9 Å². The molecule has 1 atom stereocenters. The third-order valence-corrected chi connectivity index (χ3v) is 3.74. The molecular weight excluding hydrogens is 264 g/mol. The minimum atomic E-state index is 0.574. The molecule has 0 aromatic heterocycles. The first-order valence-corrected chi connectivity index (χ1v) is 7.07. The van der Waals surface area contributed by atoms with Crippen LogP contribution in [0.5, 0.6) is 5.75 Å². The van der Waals surface area contributed by atoms with Gasteiger partial charge < -0.3 is 4.74 Å². The summed E-state index contributed by atoms with van der Waals surface area (Å²) in [6, 6.07) is 8.36. The molecule has 0 bridgehead atoms. The number of hydrogen-bond donors (Lipinski definition) is 0. The van der Waals surface area contributed by atoms with Crippen molar-refractivity contribution in [2.45, 2.75) is 27.2 Å². The molecule has 0 N–H and O–H groups in total. The van der Waals surface area contributed by atoms with Crippen LogP contribution in [0.4, 0.5) is 0 Å². The number of hydrogen-bond acceptors (Lipinski definition) is 1. The van der Waals surface area contributed by atoms with Crippen molar-refractivity contribution in [2.24, 2.45) is 11.8 Å².